The Bertz CT molecular complexity index is 631. The summed E-state index contributed by atoms with van der Waals surface area (Å²) in [6, 6.07) is 1.97. The van der Waals surface area contributed by atoms with Gasteiger partial charge in [0, 0.05) is 36.2 Å². The van der Waals surface area contributed by atoms with Gasteiger partial charge in [-0.25, -0.2) is 19.9 Å². The summed E-state index contributed by atoms with van der Waals surface area (Å²) in [4.78, 5) is 24.2. The van der Waals surface area contributed by atoms with E-state index < -0.39 is 0 Å². The van der Waals surface area contributed by atoms with Crippen LogP contribution in [0.1, 0.15) is 40.0 Å². The summed E-state index contributed by atoms with van der Waals surface area (Å²) < 4.78 is 0. The van der Waals surface area contributed by atoms with Gasteiger partial charge in [-0.2, -0.15) is 0 Å². The van der Waals surface area contributed by atoms with E-state index in [-0.39, 0.29) is 0 Å². The molecule has 25 heavy (non-hydrogen) atoms. The van der Waals surface area contributed by atoms with Gasteiger partial charge in [0.1, 0.15) is 11.6 Å². The fourth-order valence-corrected chi connectivity index (χ4v) is 1.82. The Morgan fingerprint density at radius 3 is 1.24 bits per heavy atom. The highest BCUT2D eigenvalue weighted by atomic mass is 14.9. The zero-order valence-corrected chi connectivity index (χ0v) is 16.1. The summed E-state index contributed by atoms with van der Waals surface area (Å²) in [6.45, 7) is 13.5. The maximum atomic E-state index is 4.12. The molecule has 0 spiro atoms. The minimum absolute atomic E-state index is 0.829. The van der Waals surface area contributed by atoms with Crippen molar-refractivity contribution in [3.8, 4) is 0 Å². The van der Waals surface area contributed by atoms with Crippen LogP contribution in [0.15, 0.2) is 30.9 Å². The minimum Gasteiger partial charge on any atom is -0.258 e. The second-order valence-electron chi connectivity index (χ2n) is 5.80. The van der Waals surface area contributed by atoms with Gasteiger partial charge < -0.3 is 0 Å². The highest BCUT2D eigenvalue weighted by Gasteiger charge is 1.90. The maximum absolute atomic E-state index is 4.12. The third-order valence-electron chi connectivity index (χ3n) is 2.91. The van der Waals surface area contributed by atoms with Crippen molar-refractivity contribution in [2.45, 2.75) is 48.5 Å². The van der Waals surface area contributed by atoms with Gasteiger partial charge in [-0.15, -0.1) is 0 Å². The molecule has 0 unspecified atom stereocenters. The van der Waals surface area contributed by atoms with Gasteiger partial charge in [-0.05, 0) is 60.1 Å². The van der Waals surface area contributed by atoms with Crippen molar-refractivity contribution in [3.05, 3.63) is 70.8 Å². The highest BCUT2D eigenvalue weighted by molar-refractivity contribution is 5.07. The zero-order chi connectivity index (χ0) is 18.8. The van der Waals surface area contributed by atoms with Gasteiger partial charge in [-0.3, -0.25) is 9.97 Å². The largest absolute Gasteiger partial charge is 0.258 e. The van der Waals surface area contributed by atoms with Gasteiger partial charge in [0.05, 0.1) is 11.4 Å². The molecule has 0 saturated carbocycles. The summed E-state index contributed by atoms with van der Waals surface area (Å²) >= 11 is 0. The minimum atomic E-state index is 0.829. The van der Waals surface area contributed by atoms with Crippen LogP contribution < -0.4 is 0 Å². The molecule has 0 atom stereocenters. The highest BCUT2D eigenvalue weighted by Crippen LogP contribution is 1.96. The predicted molar refractivity (Wildman–Crippen MR) is 99.3 cm³/mol. The molecule has 6 heteroatoms. The second kappa shape index (κ2) is 10.2. The van der Waals surface area contributed by atoms with Gasteiger partial charge >= 0.3 is 0 Å². The van der Waals surface area contributed by atoms with E-state index in [1.54, 1.807) is 12.4 Å². The smallest absolute Gasteiger partial charge is 0.125 e. The molecule has 0 aliphatic rings. The third kappa shape index (κ3) is 9.20. The molecule has 0 amide bonds. The lowest BCUT2D eigenvalue weighted by atomic mass is 10.3. The number of rotatable bonds is 0. The summed E-state index contributed by atoms with van der Waals surface area (Å²) in [5, 5.41) is 0. The molecule has 132 valence electrons. The van der Waals surface area contributed by atoms with E-state index in [1.165, 1.54) is 0 Å². The van der Waals surface area contributed by atoms with Gasteiger partial charge in [-0.1, -0.05) is 0 Å². The first-order valence-electron chi connectivity index (χ1n) is 8.05. The fourth-order valence-electron chi connectivity index (χ4n) is 1.82. The van der Waals surface area contributed by atoms with E-state index in [9.17, 15) is 0 Å². The van der Waals surface area contributed by atoms with Gasteiger partial charge in [0.25, 0.3) is 0 Å². The molecule has 0 aliphatic heterocycles. The van der Waals surface area contributed by atoms with Crippen molar-refractivity contribution in [1.29, 1.82) is 0 Å². The van der Waals surface area contributed by atoms with E-state index in [0.717, 1.165) is 40.0 Å². The van der Waals surface area contributed by atoms with E-state index in [4.69, 9.17) is 0 Å². The zero-order valence-electron chi connectivity index (χ0n) is 16.1. The Balaban J connectivity index is 0.000000188. The quantitative estimate of drug-likeness (QED) is 0.623. The predicted octanol–water partition coefficient (Wildman–Crippen LogP) is 3.59. The summed E-state index contributed by atoms with van der Waals surface area (Å²) in [5.41, 5.74) is 5.13. The van der Waals surface area contributed by atoms with Gasteiger partial charge in [0.2, 0.25) is 0 Å². The van der Waals surface area contributed by atoms with E-state index in [1.807, 2.05) is 66.9 Å². The standard InChI is InChI=1S/C7H10N2.2C6H8N2/c1-5-4-6(2)9-7(3)8-5;1-5-3-8-6(2)4-7-5;1-5-3-7-6(2)8-4-5/h4H,1-3H3;2*3-4H,1-2H3. The molecule has 6 nitrogen and oxygen atoms in total. The van der Waals surface area contributed by atoms with Crippen LogP contribution in [0.2, 0.25) is 0 Å². The van der Waals surface area contributed by atoms with Crippen molar-refractivity contribution < 1.29 is 0 Å². The van der Waals surface area contributed by atoms with Crippen molar-refractivity contribution in [2.24, 2.45) is 0 Å². The molecule has 0 aromatic carbocycles. The normalized spacial score (nSPS) is 9.40. The second-order valence-corrected chi connectivity index (χ2v) is 5.80. The summed E-state index contributed by atoms with van der Waals surface area (Å²) in [6.07, 6.45) is 7.13. The molecule has 0 saturated heterocycles. The topological polar surface area (TPSA) is 77.3 Å². The Morgan fingerprint density at radius 2 is 0.920 bits per heavy atom. The van der Waals surface area contributed by atoms with E-state index in [0.29, 0.717) is 0 Å². The number of nitrogens with zero attached hydrogens (tertiary/aromatic N) is 6. The Kier molecular flexibility index (Phi) is 8.26. The molecule has 0 N–H and O–H groups in total. The number of aryl methyl sites for hydroxylation is 7. The van der Waals surface area contributed by atoms with Crippen LogP contribution in [0.4, 0.5) is 0 Å². The summed E-state index contributed by atoms with van der Waals surface area (Å²) in [7, 11) is 0. The van der Waals surface area contributed by atoms with Crippen molar-refractivity contribution >= 4 is 0 Å². The molecule has 3 aromatic heterocycles. The lowest BCUT2D eigenvalue weighted by Gasteiger charge is -1.95. The van der Waals surface area contributed by atoms with Crippen molar-refractivity contribution in [3.63, 3.8) is 0 Å². The monoisotopic (exact) mass is 338 g/mol. The van der Waals surface area contributed by atoms with Crippen molar-refractivity contribution in [2.75, 3.05) is 0 Å². The van der Waals surface area contributed by atoms with Gasteiger partial charge in [0.15, 0.2) is 0 Å². The average Bonchev–Trinajstić information content (AvgIpc) is 2.53. The van der Waals surface area contributed by atoms with Crippen LogP contribution in [-0.4, -0.2) is 29.9 Å². The molecule has 3 heterocycles. The van der Waals surface area contributed by atoms with E-state index in [2.05, 4.69) is 29.9 Å². The van der Waals surface area contributed by atoms with Crippen LogP contribution in [0.3, 0.4) is 0 Å². The fraction of sp³-hybridized carbons (Fsp3) is 0.368. The van der Waals surface area contributed by atoms with Crippen LogP contribution in [0, 0.1) is 48.5 Å². The van der Waals surface area contributed by atoms with Crippen LogP contribution >= 0.6 is 0 Å². The Hall–Kier alpha value is -2.76. The molecule has 0 bridgehead atoms. The molecular formula is C19H26N6. The molecule has 0 fully saturated rings. The van der Waals surface area contributed by atoms with E-state index >= 15 is 0 Å². The van der Waals surface area contributed by atoms with Crippen LogP contribution in [-0.2, 0) is 0 Å². The molecule has 3 rings (SSSR count). The summed E-state index contributed by atoms with van der Waals surface area (Å²) in [5.74, 6) is 1.68. The van der Waals surface area contributed by atoms with Crippen LogP contribution in [0.25, 0.3) is 0 Å². The first-order valence-corrected chi connectivity index (χ1v) is 8.05. The Labute approximate surface area is 149 Å². The number of aromatic nitrogens is 6. The average molecular weight is 338 g/mol. The SMILES string of the molecule is Cc1cc(C)nc(C)n1.Cc1cnc(C)cn1.Cc1cnc(C)nc1. The number of hydrogen-bond donors (Lipinski definition) is 0. The maximum Gasteiger partial charge on any atom is 0.125 e. The lowest BCUT2D eigenvalue weighted by Crippen LogP contribution is -1.91. The molecular weight excluding hydrogens is 312 g/mol. The first kappa shape index (κ1) is 20.3. The molecule has 0 aliphatic carbocycles. The van der Waals surface area contributed by atoms with Crippen molar-refractivity contribution in [1.82, 2.24) is 29.9 Å². The number of hydrogen-bond acceptors (Lipinski definition) is 6. The third-order valence-corrected chi connectivity index (χ3v) is 2.91. The molecule has 3 aromatic rings. The first-order chi connectivity index (χ1) is 11.8. The Morgan fingerprint density at radius 1 is 0.480 bits per heavy atom. The van der Waals surface area contributed by atoms with Crippen LogP contribution in [0.5, 0.6) is 0 Å². The lowest BCUT2D eigenvalue weighted by molar-refractivity contribution is 0.976. The molecule has 0 radical (unpaired) electrons.